The summed E-state index contributed by atoms with van der Waals surface area (Å²) in [7, 11) is 3.48. The van der Waals surface area contributed by atoms with E-state index in [1.165, 1.54) is 0 Å². The van der Waals surface area contributed by atoms with Crippen LogP contribution in [0.1, 0.15) is 18.5 Å². The van der Waals surface area contributed by atoms with Gasteiger partial charge in [-0.3, -0.25) is 0 Å². The molecule has 2 aromatic heterocycles. The van der Waals surface area contributed by atoms with Crippen LogP contribution in [0.5, 0.6) is 5.88 Å². The van der Waals surface area contributed by atoms with Gasteiger partial charge in [0, 0.05) is 45.3 Å². The number of piperidine rings is 1. The third-order valence-electron chi connectivity index (χ3n) is 4.56. The lowest BCUT2D eigenvalue weighted by Gasteiger charge is -2.34. The maximum atomic E-state index is 12.8. The van der Waals surface area contributed by atoms with E-state index in [-0.39, 0.29) is 5.95 Å². The van der Waals surface area contributed by atoms with Crippen LogP contribution in [0.2, 0.25) is 0 Å². The van der Waals surface area contributed by atoms with Crippen LogP contribution in [0.15, 0.2) is 24.7 Å². The van der Waals surface area contributed by atoms with Crippen molar-refractivity contribution in [1.29, 1.82) is 0 Å². The topological polar surface area (TPSA) is 67.3 Å². The normalized spacial score (nSPS) is 15.7. The first-order valence-corrected chi connectivity index (χ1v) is 8.60. The number of ether oxygens (including phenoxy) is 1. The van der Waals surface area contributed by atoms with Crippen molar-refractivity contribution in [3.63, 3.8) is 0 Å². The van der Waals surface area contributed by atoms with Gasteiger partial charge in [0.15, 0.2) is 5.82 Å². The molecule has 1 aliphatic rings. The van der Waals surface area contributed by atoms with Crippen molar-refractivity contribution in [3.8, 4) is 5.88 Å². The highest BCUT2D eigenvalue weighted by Gasteiger charge is 2.33. The predicted octanol–water partition coefficient (Wildman–Crippen LogP) is 2.65. The predicted molar refractivity (Wildman–Crippen MR) is 93.8 cm³/mol. The van der Waals surface area contributed by atoms with E-state index in [4.69, 9.17) is 4.74 Å². The molecular weight excluding hydrogens is 361 g/mol. The summed E-state index contributed by atoms with van der Waals surface area (Å²) in [6, 6.07) is 0.888. The monoisotopic (exact) mass is 382 g/mol. The van der Waals surface area contributed by atoms with Crippen LogP contribution in [0.4, 0.5) is 24.9 Å². The van der Waals surface area contributed by atoms with Crippen molar-refractivity contribution in [2.24, 2.45) is 5.92 Å². The van der Waals surface area contributed by atoms with Gasteiger partial charge >= 0.3 is 6.18 Å². The maximum Gasteiger partial charge on any atom is 0.433 e. The molecule has 0 spiro atoms. The smallest absolute Gasteiger partial charge is 0.433 e. The molecule has 3 rings (SSSR count). The highest BCUT2D eigenvalue weighted by atomic mass is 19.4. The number of anilines is 2. The molecule has 0 radical (unpaired) electrons. The Labute approximate surface area is 155 Å². The molecule has 3 heterocycles. The number of hydrogen-bond acceptors (Lipinski definition) is 7. The second kappa shape index (κ2) is 7.93. The SMILES string of the molecule is COc1nccnc1N(C)CC1CCN(c2nccc(C(F)(F)F)n2)CC1. The number of hydrogen-bond donors (Lipinski definition) is 0. The van der Waals surface area contributed by atoms with Gasteiger partial charge in [-0.1, -0.05) is 0 Å². The van der Waals surface area contributed by atoms with E-state index in [0.717, 1.165) is 31.6 Å². The second-order valence-electron chi connectivity index (χ2n) is 6.44. The molecule has 1 fully saturated rings. The summed E-state index contributed by atoms with van der Waals surface area (Å²) in [6.45, 7) is 1.97. The van der Waals surface area contributed by atoms with Gasteiger partial charge in [0.2, 0.25) is 5.95 Å². The Bertz CT molecular complexity index is 764. The zero-order valence-electron chi connectivity index (χ0n) is 15.1. The zero-order chi connectivity index (χ0) is 19.4. The Hall–Kier alpha value is -2.65. The lowest BCUT2D eigenvalue weighted by molar-refractivity contribution is -0.141. The molecule has 0 unspecified atom stereocenters. The minimum absolute atomic E-state index is 0.132. The van der Waals surface area contributed by atoms with E-state index in [0.29, 0.717) is 30.7 Å². The molecule has 2 aromatic rings. The molecule has 27 heavy (non-hydrogen) atoms. The fourth-order valence-corrected chi connectivity index (χ4v) is 3.17. The minimum Gasteiger partial charge on any atom is -0.478 e. The molecule has 0 atom stereocenters. The fourth-order valence-electron chi connectivity index (χ4n) is 3.17. The molecular formula is C17H21F3N6O. The molecule has 1 saturated heterocycles. The maximum absolute atomic E-state index is 12.8. The van der Waals surface area contributed by atoms with Crippen LogP contribution in [-0.4, -0.2) is 53.7 Å². The number of aromatic nitrogens is 4. The number of nitrogens with zero attached hydrogens (tertiary/aromatic N) is 6. The van der Waals surface area contributed by atoms with Crippen molar-refractivity contribution >= 4 is 11.8 Å². The van der Waals surface area contributed by atoms with Gasteiger partial charge in [-0.25, -0.2) is 19.9 Å². The third-order valence-corrected chi connectivity index (χ3v) is 4.56. The lowest BCUT2D eigenvalue weighted by atomic mass is 9.96. The van der Waals surface area contributed by atoms with Crippen molar-refractivity contribution < 1.29 is 17.9 Å². The van der Waals surface area contributed by atoms with Crippen molar-refractivity contribution in [3.05, 3.63) is 30.4 Å². The van der Waals surface area contributed by atoms with Gasteiger partial charge in [-0.15, -0.1) is 0 Å². The van der Waals surface area contributed by atoms with Gasteiger partial charge in [0.05, 0.1) is 7.11 Å². The summed E-state index contributed by atoms with van der Waals surface area (Å²) in [5.41, 5.74) is -0.913. The summed E-state index contributed by atoms with van der Waals surface area (Å²) < 4.78 is 43.7. The standard InChI is InChI=1S/C17H21F3N6O/c1-25(14-15(27-2)22-8-7-21-14)11-12-4-9-26(10-5-12)16-23-6-3-13(24-16)17(18,19)20/h3,6-8,12H,4-5,9-11H2,1-2H3. The van der Waals surface area contributed by atoms with Gasteiger partial charge in [0.1, 0.15) is 5.69 Å². The number of rotatable bonds is 5. The Morgan fingerprint density at radius 2 is 1.85 bits per heavy atom. The van der Waals surface area contributed by atoms with Crippen LogP contribution in [0.25, 0.3) is 0 Å². The first-order valence-electron chi connectivity index (χ1n) is 8.60. The first-order chi connectivity index (χ1) is 12.9. The third kappa shape index (κ3) is 4.55. The molecule has 0 saturated carbocycles. The summed E-state index contributed by atoms with van der Waals surface area (Å²) >= 11 is 0. The van der Waals surface area contributed by atoms with Gasteiger partial charge in [-0.05, 0) is 24.8 Å². The van der Waals surface area contributed by atoms with Gasteiger partial charge in [0.25, 0.3) is 5.88 Å². The summed E-state index contributed by atoms with van der Waals surface area (Å²) in [6.07, 6.45) is 1.53. The van der Waals surface area contributed by atoms with E-state index in [1.54, 1.807) is 24.4 Å². The number of alkyl halides is 3. The van der Waals surface area contributed by atoms with Crippen LogP contribution in [-0.2, 0) is 6.18 Å². The minimum atomic E-state index is -4.46. The average Bonchev–Trinajstić information content (AvgIpc) is 2.68. The highest BCUT2D eigenvalue weighted by Crippen LogP contribution is 2.29. The molecule has 7 nitrogen and oxygen atoms in total. The number of halogens is 3. The molecule has 1 aliphatic heterocycles. The molecule has 0 aliphatic carbocycles. The first kappa shape index (κ1) is 19.1. The Balaban J connectivity index is 1.59. The molecule has 146 valence electrons. The largest absolute Gasteiger partial charge is 0.478 e. The van der Waals surface area contributed by atoms with Gasteiger partial charge < -0.3 is 14.5 Å². The zero-order valence-corrected chi connectivity index (χ0v) is 15.1. The fraction of sp³-hybridized carbons (Fsp3) is 0.529. The van der Waals surface area contributed by atoms with Crippen molar-refractivity contribution in [1.82, 2.24) is 19.9 Å². The van der Waals surface area contributed by atoms with Crippen LogP contribution < -0.4 is 14.5 Å². The molecule has 0 amide bonds. The van der Waals surface area contributed by atoms with E-state index in [9.17, 15) is 13.2 Å². The Morgan fingerprint density at radius 3 is 2.52 bits per heavy atom. The number of methoxy groups -OCH3 is 1. The molecule has 0 N–H and O–H groups in total. The van der Waals surface area contributed by atoms with Crippen molar-refractivity contribution in [2.45, 2.75) is 19.0 Å². The summed E-state index contributed by atoms with van der Waals surface area (Å²) in [5.74, 6) is 1.65. The van der Waals surface area contributed by atoms with E-state index < -0.39 is 11.9 Å². The van der Waals surface area contributed by atoms with Crippen LogP contribution >= 0.6 is 0 Å². The van der Waals surface area contributed by atoms with E-state index >= 15 is 0 Å². The quantitative estimate of drug-likeness (QED) is 0.788. The molecule has 0 bridgehead atoms. The molecule has 0 aromatic carbocycles. The van der Waals surface area contributed by atoms with Crippen molar-refractivity contribution in [2.75, 3.05) is 43.6 Å². The summed E-state index contributed by atoms with van der Waals surface area (Å²) in [4.78, 5) is 19.9. The van der Waals surface area contributed by atoms with Crippen LogP contribution in [0, 0.1) is 5.92 Å². The Morgan fingerprint density at radius 1 is 1.15 bits per heavy atom. The van der Waals surface area contributed by atoms with Crippen LogP contribution in [0.3, 0.4) is 0 Å². The Kier molecular flexibility index (Phi) is 5.62. The summed E-state index contributed by atoms with van der Waals surface area (Å²) in [5, 5.41) is 0. The van der Waals surface area contributed by atoms with E-state index in [2.05, 4.69) is 19.9 Å². The average molecular weight is 382 g/mol. The molecule has 10 heteroatoms. The second-order valence-corrected chi connectivity index (χ2v) is 6.44. The van der Waals surface area contributed by atoms with Gasteiger partial charge in [-0.2, -0.15) is 13.2 Å². The lowest BCUT2D eigenvalue weighted by Crippen LogP contribution is -2.39. The highest BCUT2D eigenvalue weighted by molar-refractivity contribution is 5.47. The van der Waals surface area contributed by atoms with E-state index in [1.807, 2.05) is 11.9 Å².